The van der Waals surface area contributed by atoms with Crippen molar-refractivity contribution in [3.63, 3.8) is 0 Å². The Morgan fingerprint density at radius 3 is 1.85 bits per heavy atom. The molecule has 0 saturated heterocycles. The van der Waals surface area contributed by atoms with Gasteiger partial charge in [0.1, 0.15) is 24.7 Å². The van der Waals surface area contributed by atoms with Crippen molar-refractivity contribution in [3.8, 4) is 11.5 Å². The average Bonchev–Trinajstić information content (AvgIpc) is 2.71. The van der Waals surface area contributed by atoms with E-state index in [1.807, 2.05) is 0 Å². The fraction of sp³-hybridized carbons (Fsp3) is 0.143. The first-order valence-electron chi connectivity index (χ1n) is 8.01. The van der Waals surface area contributed by atoms with Gasteiger partial charge in [0, 0.05) is 0 Å². The number of carboxylic acid groups (broad SMARTS) is 1. The molecule has 6 heteroatoms. The lowest BCUT2D eigenvalue weighted by atomic mass is 10.2. The molecule has 0 aliphatic carbocycles. The van der Waals surface area contributed by atoms with Crippen molar-refractivity contribution in [2.45, 2.75) is 0 Å². The Balaban J connectivity index is 0.000000271. The first-order valence-corrected chi connectivity index (χ1v) is 8.01. The van der Waals surface area contributed by atoms with Crippen molar-refractivity contribution >= 4 is 11.9 Å². The molecule has 0 fully saturated rings. The van der Waals surface area contributed by atoms with Crippen LogP contribution in [0.15, 0.2) is 73.8 Å². The summed E-state index contributed by atoms with van der Waals surface area (Å²) in [6.07, 6.45) is 3.25. The SMILES string of the molecule is C=CCOc1cccc(C(=O)O)c1.C=CCOc1cccc(C(=O)OC)c1. The standard InChI is InChI=1S/C11H12O3.C10H10O3/c1-3-7-14-10-6-4-5-9(8-10)11(12)13-2;1-2-6-13-9-5-3-4-8(7-9)10(11)12/h3-6,8H,1,7H2,2H3;2-5,7H,1,6H2,(H,11,12). The van der Waals surface area contributed by atoms with E-state index in [1.54, 1.807) is 48.6 Å². The molecule has 0 spiro atoms. The van der Waals surface area contributed by atoms with Gasteiger partial charge in [-0.15, -0.1) is 0 Å². The molecule has 0 amide bonds. The molecule has 2 aromatic rings. The van der Waals surface area contributed by atoms with E-state index >= 15 is 0 Å². The highest BCUT2D eigenvalue weighted by Crippen LogP contribution is 2.14. The number of carbonyl (C=O) groups excluding carboxylic acids is 1. The van der Waals surface area contributed by atoms with Crippen LogP contribution in [0.2, 0.25) is 0 Å². The van der Waals surface area contributed by atoms with E-state index in [4.69, 9.17) is 14.6 Å². The number of ether oxygens (including phenoxy) is 3. The molecular formula is C21H22O6. The van der Waals surface area contributed by atoms with Gasteiger partial charge in [0.15, 0.2) is 0 Å². The fourth-order valence-corrected chi connectivity index (χ4v) is 1.86. The summed E-state index contributed by atoms with van der Waals surface area (Å²) >= 11 is 0. The quantitative estimate of drug-likeness (QED) is 0.559. The molecule has 0 aliphatic rings. The largest absolute Gasteiger partial charge is 0.490 e. The molecule has 1 N–H and O–H groups in total. The lowest BCUT2D eigenvalue weighted by Gasteiger charge is -2.04. The van der Waals surface area contributed by atoms with Crippen LogP contribution >= 0.6 is 0 Å². The van der Waals surface area contributed by atoms with Crippen LogP contribution in [0.25, 0.3) is 0 Å². The molecule has 2 aromatic carbocycles. The first-order chi connectivity index (χ1) is 13.0. The summed E-state index contributed by atoms with van der Waals surface area (Å²) in [6, 6.07) is 13.2. The molecule has 0 unspecified atom stereocenters. The van der Waals surface area contributed by atoms with Crippen molar-refractivity contribution in [1.82, 2.24) is 0 Å². The molecule has 27 heavy (non-hydrogen) atoms. The predicted molar refractivity (Wildman–Crippen MR) is 103 cm³/mol. The number of hydrogen-bond acceptors (Lipinski definition) is 5. The van der Waals surface area contributed by atoms with Crippen LogP contribution < -0.4 is 9.47 Å². The second-order valence-electron chi connectivity index (χ2n) is 5.05. The maximum absolute atomic E-state index is 11.1. The summed E-state index contributed by atoms with van der Waals surface area (Å²) in [5.41, 5.74) is 0.704. The van der Waals surface area contributed by atoms with E-state index in [9.17, 15) is 9.59 Å². The van der Waals surface area contributed by atoms with Crippen LogP contribution in [-0.4, -0.2) is 37.4 Å². The normalized spacial score (nSPS) is 9.22. The smallest absolute Gasteiger partial charge is 0.337 e. The van der Waals surface area contributed by atoms with Crippen LogP contribution in [-0.2, 0) is 4.74 Å². The number of aromatic carboxylic acids is 1. The van der Waals surface area contributed by atoms with Gasteiger partial charge >= 0.3 is 11.9 Å². The molecule has 0 heterocycles. The molecule has 6 nitrogen and oxygen atoms in total. The fourth-order valence-electron chi connectivity index (χ4n) is 1.86. The molecule has 0 aliphatic heterocycles. The van der Waals surface area contributed by atoms with Crippen LogP contribution in [0.5, 0.6) is 11.5 Å². The number of rotatable bonds is 8. The Labute approximate surface area is 158 Å². The Morgan fingerprint density at radius 1 is 0.926 bits per heavy atom. The molecule has 0 bridgehead atoms. The molecule has 0 aromatic heterocycles. The topological polar surface area (TPSA) is 82.1 Å². The second kappa shape index (κ2) is 11.9. The van der Waals surface area contributed by atoms with E-state index in [1.165, 1.54) is 19.2 Å². The summed E-state index contributed by atoms with van der Waals surface area (Å²) < 4.78 is 15.0. The Kier molecular flexibility index (Phi) is 9.49. The van der Waals surface area contributed by atoms with Gasteiger partial charge in [-0.25, -0.2) is 9.59 Å². The summed E-state index contributed by atoms with van der Waals surface area (Å²) in [7, 11) is 1.35. The molecule has 2 rings (SSSR count). The van der Waals surface area contributed by atoms with Gasteiger partial charge in [0.05, 0.1) is 18.2 Å². The summed E-state index contributed by atoms with van der Waals surface area (Å²) in [6.45, 7) is 7.82. The zero-order valence-electron chi connectivity index (χ0n) is 15.1. The van der Waals surface area contributed by atoms with Crippen molar-refractivity contribution in [1.29, 1.82) is 0 Å². The van der Waals surface area contributed by atoms with Crippen LogP contribution in [0.4, 0.5) is 0 Å². The maximum Gasteiger partial charge on any atom is 0.337 e. The molecule has 0 atom stereocenters. The molecular weight excluding hydrogens is 348 g/mol. The highest BCUT2D eigenvalue weighted by Gasteiger charge is 2.05. The van der Waals surface area contributed by atoms with E-state index in [2.05, 4.69) is 17.9 Å². The van der Waals surface area contributed by atoms with Gasteiger partial charge in [-0.05, 0) is 36.4 Å². The van der Waals surface area contributed by atoms with E-state index in [-0.39, 0.29) is 11.5 Å². The molecule has 142 valence electrons. The Morgan fingerprint density at radius 2 is 1.41 bits per heavy atom. The third kappa shape index (κ3) is 7.92. The highest BCUT2D eigenvalue weighted by molar-refractivity contribution is 5.89. The zero-order chi connectivity index (χ0) is 20.1. The first kappa shape index (κ1) is 21.5. The van der Waals surface area contributed by atoms with Gasteiger partial charge in [-0.1, -0.05) is 37.4 Å². The third-order valence-corrected chi connectivity index (χ3v) is 3.07. The van der Waals surface area contributed by atoms with Gasteiger partial charge < -0.3 is 19.3 Å². The van der Waals surface area contributed by atoms with E-state index in [0.29, 0.717) is 30.3 Å². The van der Waals surface area contributed by atoms with E-state index < -0.39 is 5.97 Å². The van der Waals surface area contributed by atoms with Crippen molar-refractivity contribution in [2.75, 3.05) is 20.3 Å². The number of carboxylic acids is 1. The predicted octanol–water partition coefficient (Wildman–Crippen LogP) is 3.99. The number of carbonyl (C=O) groups is 2. The maximum atomic E-state index is 11.1. The minimum atomic E-state index is -0.955. The van der Waals surface area contributed by atoms with Gasteiger partial charge in [0.25, 0.3) is 0 Å². The Bertz CT molecular complexity index is 782. The van der Waals surface area contributed by atoms with Gasteiger partial charge in [-0.2, -0.15) is 0 Å². The summed E-state index contributed by atoms with van der Waals surface area (Å²) in [5, 5.41) is 8.66. The number of benzene rings is 2. The number of methoxy groups -OCH3 is 1. The minimum Gasteiger partial charge on any atom is -0.490 e. The zero-order valence-corrected chi connectivity index (χ0v) is 15.1. The van der Waals surface area contributed by atoms with Gasteiger partial charge in [-0.3, -0.25) is 0 Å². The lowest BCUT2D eigenvalue weighted by Crippen LogP contribution is -2.01. The lowest BCUT2D eigenvalue weighted by molar-refractivity contribution is 0.0599. The van der Waals surface area contributed by atoms with E-state index in [0.717, 1.165) is 0 Å². The number of hydrogen-bond donors (Lipinski definition) is 1. The molecule has 0 saturated carbocycles. The summed E-state index contributed by atoms with van der Waals surface area (Å²) in [4.78, 5) is 21.7. The van der Waals surface area contributed by atoms with Crippen molar-refractivity contribution < 1.29 is 28.9 Å². The van der Waals surface area contributed by atoms with Crippen LogP contribution in [0, 0.1) is 0 Å². The number of esters is 1. The summed E-state index contributed by atoms with van der Waals surface area (Å²) in [5.74, 6) is -0.147. The second-order valence-corrected chi connectivity index (χ2v) is 5.05. The third-order valence-electron chi connectivity index (χ3n) is 3.07. The van der Waals surface area contributed by atoms with Crippen LogP contribution in [0.3, 0.4) is 0 Å². The highest BCUT2D eigenvalue weighted by atomic mass is 16.5. The van der Waals surface area contributed by atoms with Crippen LogP contribution in [0.1, 0.15) is 20.7 Å². The van der Waals surface area contributed by atoms with Crippen molar-refractivity contribution in [2.24, 2.45) is 0 Å². The molecule has 0 radical (unpaired) electrons. The average molecular weight is 370 g/mol. The minimum absolute atomic E-state index is 0.224. The Hall–Kier alpha value is -3.54. The monoisotopic (exact) mass is 370 g/mol. The van der Waals surface area contributed by atoms with Gasteiger partial charge in [0.2, 0.25) is 0 Å². The van der Waals surface area contributed by atoms with Crippen molar-refractivity contribution in [3.05, 3.63) is 85.0 Å².